The molecule has 0 bridgehead atoms. The molecule has 3 rings (SSSR count). The van der Waals surface area contributed by atoms with Gasteiger partial charge in [0.15, 0.2) is 0 Å². The maximum atomic E-state index is 13.8. The van der Waals surface area contributed by atoms with Crippen LogP contribution in [0.3, 0.4) is 0 Å². The first-order valence-corrected chi connectivity index (χ1v) is 14.8. The summed E-state index contributed by atoms with van der Waals surface area (Å²) in [5.41, 5.74) is 9.48. The number of hydrogen-bond acceptors (Lipinski definition) is 1. The van der Waals surface area contributed by atoms with Crippen LogP contribution in [0.1, 0.15) is 128 Å². The van der Waals surface area contributed by atoms with Gasteiger partial charge in [0.05, 0.1) is 12.3 Å². The van der Waals surface area contributed by atoms with Crippen LogP contribution in [0.25, 0.3) is 0 Å². The molecule has 0 amide bonds. The van der Waals surface area contributed by atoms with Gasteiger partial charge in [0.25, 0.3) is 0 Å². The van der Waals surface area contributed by atoms with Crippen LogP contribution in [0.5, 0.6) is 0 Å². The lowest BCUT2D eigenvalue weighted by atomic mass is 9.74. The molecular weight excluding hydrogens is 478 g/mol. The first-order chi connectivity index (χ1) is 15.1. The number of hydrogen-bond donors (Lipinski definition) is 1. The molecule has 0 unspecified atom stereocenters. The smallest absolute Gasteiger partial charge is 0.209 e. The standard InChI is InChI=1S/C31H47O2P.Al.H2O/c1-28(2,3)22-14-20-13-21-15-23(29(4,5)6)17-27(31(10,11)12)25(21)19-34(32,33)18-24(20)26(16-22)30(7,8)9;;/h14-17H,13,18-19H2,1-12H3,(H,32,33);;1H2. The van der Waals surface area contributed by atoms with Crippen molar-refractivity contribution in [2.45, 2.75) is 123 Å². The third-order valence-corrected chi connectivity index (χ3v) is 8.84. The zero-order valence-electron chi connectivity index (χ0n) is 24.8. The van der Waals surface area contributed by atoms with Gasteiger partial charge in [-0.05, 0) is 72.6 Å². The van der Waals surface area contributed by atoms with Crippen molar-refractivity contribution in [3.63, 3.8) is 0 Å². The van der Waals surface area contributed by atoms with Crippen LogP contribution in [-0.2, 0) is 45.0 Å². The molecule has 1 aliphatic heterocycles. The highest BCUT2D eigenvalue weighted by atomic mass is 31.2. The fraction of sp³-hybridized carbons (Fsp3) is 0.613. The summed E-state index contributed by atoms with van der Waals surface area (Å²) < 4.78 is 13.8. The summed E-state index contributed by atoms with van der Waals surface area (Å²) >= 11 is 0. The summed E-state index contributed by atoms with van der Waals surface area (Å²) in [4.78, 5) is 11.4. The van der Waals surface area contributed by atoms with Gasteiger partial charge in [-0.15, -0.1) is 0 Å². The predicted molar refractivity (Wildman–Crippen MR) is 157 cm³/mol. The fourth-order valence-electron chi connectivity index (χ4n) is 5.11. The lowest BCUT2D eigenvalue weighted by Gasteiger charge is -2.34. The van der Waals surface area contributed by atoms with E-state index < -0.39 is 7.37 Å². The molecule has 199 valence electrons. The van der Waals surface area contributed by atoms with Gasteiger partial charge in [0.2, 0.25) is 7.37 Å². The molecular formula is C31H49AlO3P. The SMILES string of the molecule is CC(C)(C)c1cc2c(c(C(C)(C)C)c1)CP(=O)(O)Cc1c(cc(C(C)(C)C)cc1C(C)(C)C)C2.O.[Al]. The van der Waals surface area contributed by atoms with Crippen LogP contribution in [0.2, 0.25) is 0 Å². The topological polar surface area (TPSA) is 68.8 Å². The van der Waals surface area contributed by atoms with Gasteiger partial charge in [-0.3, -0.25) is 4.57 Å². The van der Waals surface area contributed by atoms with E-state index in [1.54, 1.807) is 0 Å². The van der Waals surface area contributed by atoms with E-state index in [1.165, 1.54) is 33.4 Å². The normalized spacial score (nSPS) is 16.0. The Kier molecular flexibility index (Phi) is 9.54. The second-order valence-corrected chi connectivity index (χ2v) is 17.0. The van der Waals surface area contributed by atoms with E-state index in [4.69, 9.17) is 0 Å². The highest BCUT2D eigenvalue weighted by molar-refractivity contribution is 7.56. The lowest BCUT2D eigenvalue weighted by Crippen LogP contribution is -2.23. The second-order valence-electron chi connectivity index (χ2n) is 14.7. The molecule has 2 aromatic carbocycles. The second kappa shape index (κ2) is 10.4. The minimum atomic E-state index is -3.43. The summed E-state index contributed by atoms with van der Waals surface area (Å²) in [5.74, 6) is 0. The van der Waals surface area contributed by atoms with Crippen molar-refractivity contribution in [1.29, 1.82) is 0 Å². The van der Waals surface area contributed by atoms with E-state index in [0.29, 0.717) is 0 Å². The van der Waals surface area contributed by atoms with Gasteiger partial charge in [-0.1, -0.05) is 107 Å². The Balaban J connectivity index is 0.00000324. The summed E-state index contributed by atoms with van der Waals surface area (Å²) in [7, 11) is -3.43. The van der Waals surface area contributed by atoms with Crippen LogP contribution in [0.15, 0.2) is 24.3 Å². The predicted octanol–water partition coefficient (Wildman–Crippen LogP) is 7.55. The van der Waals surface area contributed by atoms with Crippen molar-refractivity contribution in [2.75, 3.05) is 0 Å². The Morgan fingerprint density at radius 2 is 0.917 bits per heavy atom. The van der Waals surface area contributed by atoms with Crippen LogP contribution in [0, 0.1) is 0 Å². The molecule has 0 spiro atoms. The van der Waals surface area contributed by atoms with E-state index in [2.05, 4.69) is 107 Å². The van der Waals surface area contributed by atoms with Crippen LogP contribution >= 0.6 is 7.37 Å². The van der Waals surface area contributed by atoms with Gasteiger partial charge in [-0.2, -0.15) is 0 Å². The molecule has 1 heterocycles. The van der Waals surface area contributed by atoms with Crippen molar-refractivity contribution >= 4 is 24.7 Å². The van der Waals surface area contributed by atoms with E-state index in [-0.39, 0.29) is 56.8 Å². The fourth-order valence-corrected chi connectivity index (χ4v) is 6.96. The first-order valence-electron chi connectivity index (χ1n) is 12.7. The Morgan fingerprint density at radius 3 is 1.17 bits per heavy atom. The Labute approximate surface area is 231 Å². The van der Waals surface area contributed by atoms with Crippen LogP contribution in [-0.4, -0.2) is 27.7 Å². The molecule has 2 aromatic rings. The molecule has 0 aliphatic carbocycles. The van der Waals surface area contributed by atoms with E-state index >= 15 is 0 Å². The molecule has 3 N–H and O–H groups in total. The monoisotopic (exact) mass is 527 g/mol. The number of benzene rings is 2. The molecule has 0 aromatic heterocycles. The van der Waals surface area contributed by atoms with Gasteiger partial charge in [0.1, 0.15) is 0 Å². The molecule has 36 heavy (non-hydrogen) atoms. The van der Waals surface area contributed by atoms with Crippen LogP contribution in [0.4, 0.5) is 0 Å². The maximum Gasteiger partial charge on any atom is 0.209 e. The third-order valence-electron chi connectivity index (χ3n) is 7.22. The Bertz CT molecular complexity index is 1070. The Morgan fingerprint density at radius 1 is 0.611 bits per heavy atom. The molecule has 0 atom stereocenters. The van der Waals surface area contributed by atoms with Gasteiger partial charge < -0.3 is 10.4 Å². The molecule has 5 heteroatoms. The maximum absolute atomic E-state index is 13.8. The zero-order valence-corrected chi connectivity index (χ0v) is 26.9. The molecule has 3 nitrogen and oxygen atoms in total. The molecule has 0 fully saturated rings. The first kappa shape index (κ1) is 33.2. The van der Waals surface area contributed by atoms with Crippen molar-refractivity contribution < 1.29 is 14.9 Å². The summed E-state index contributed by atoms with van der Waals surface area (Å²) in [6, 6.07) is 9.24. The summed E-state index contributed by atoms with van der Waals surface area (Å²) in [5, 5.41) is 0. The summed E-state index contributed by atoms with van der Waals surface area (Å²) in [6.07, 6.45) is 1.32. The minimum absolute atomic E-state index is 0. The summed E-state index contributed by atoms with van der Waals surface area (Å²) in [6.45, 7) is 26.9. The van der Waals surface area contributed by atoms with E-state index in [1.807, 2.05) is 0 Å². The molecule has 3 radical (unpaired) electrons. The lowest BCUT2D eigenvalue weighted by molar-refractivity contribution is 0.472. The van der Waals surface area contributed by atoms with Crippen molar-refractivity contribution in [1.82, 2.24) is 0 Å². The van der Waals surface area contributed by atoms with Crippen molar-refractivity contribution in [2.24, 2.45) is 0 Å². The Hall–Kier alpha value is -0.878. The average molecular weight is 528 g/mol. The minimum Gasteiger partial charge on any atom is -0.412 e. The molecule has 0 saturated heterocycles. The van der Waals surface area contributed by atoms with Crippen molar-refractivity contribution in [3.05, 3.63) is 68.8 Å². The van der Waals surface area contributed by atoms with Crippen molar-refractivity contribution in [3.8, 4) is 0 Å². The average Bonchev–Trinajstić information content (AvgIpc) is 2.58. The van der Waals surface area contributed by atoms with E-state index in [0.717, 1.165) is 17.5 Å². The van der Waals surface area contributed by atoms with E-state index in [9.17, 15) is 9.46 Å². The molecule has 1 aliphatic rings. The third kappa shape index (κ3) is 7.15. The van der Waals surface area contributed by atoms with Crippen LogP contribution < -0.4 is 0 Å². The largest absolute Gasteiger partial charge is 0.412 e. The highest BCUT2D eigenvalue weighted by Gasteiger charge is 2.35. The van der Waals surface area contributed by atoms with Gasteiger partial charge >= 0.3 is 0 Å². The molecule has 0 saturated carbocycles. The van der Waals surface area contributed by atoms with Gasteiger partial charge in [-0.25, -0.2) is 0 Å². The quantitative estimate of drug-likeness (QED) is 0.284. The van der Waals surface area contributed by atoms with Gasteiger partial charge in [0, 0.05) is 17.4 Å². The zero-order chi connectivity index (χ0) is 26.1. The number of rotatable bonds is 0. The number of fused-ring (bicyclic) bond motifs is 2. The highest BCUT2D eigenvalue weighted by Crippen LogP contribution is 2.54.